The highest BCUT2D eigenvalue weighted by Gasteiger charge is 2.26. The first-order chi connectivity index (χ1) is 13.1. The molecule has 0 aliphatic carbocycles. The van der Waals surface area contributed by atoms with Crippen molar-refractivity contribution < 1.29 is 14.3 Å². The van der Waals surface area contributed by atoms with Crippen molar-refractivity contribution in [2.75, 3.05) is 13.2 Å². The molecule has 27 heavy (non-hydrogen) atoms. The van der Waals surface area contributed by atoms with E-state index in [0.717, 1.165) is 36.5 Å². The number of hydrogen-bond acceptors (Lipinski definition) is 6. The predicted octanol–water partition coefficient (Wildman–Crippen LogP) is 0.755. The van der Waals surface area contributed by atoms with E-state index in [2.05, 4.69) is 20.6 Å². The van der Waals surface area contributed by atoms with Crippen LogP contribution in [0.15, 0.2) is 24.7 Å². The van der Waals surface area contributed by atoms with Crippen molar-refractivity contribution in [3.8, 4) is 0 Å². The van der Waals surface area contributed by atoms with Crippen molar-refractivity contribution >= 4 is 11.9 Å². The van der Waals surface area contributed by atoms with Gasteiger partial charge in [-0.25, -0.2) is 4.79 Å². The monoisotopic (exact) mass is 371 g/mol. The fraction of sp³-hybridized carbons (Fsp3) is 0.474. The number of carbonyl (C=O) groups is 2. The maximum Gasteiger partial charge on any atom is 0.328 e. The van der Waals surface area contributed by atoms with Crippen LogP contribution in [0.4, 0.5) is 0 Å². The fourth-order valence-electron chi connectivity index (χ4n) is 3.31. The Morgan fingerprint density at radius 2 is 2.26 bits per heavy atom. The van der Waals surface area contributed by atoms with Crippen molar-refractivity contribution in [1.29, 1.82) is 0 Å². The molecule has 2 N–H and O–H groups in total. The number of aromatic nitrogens is 3. The quantitative estimate of drug-likeness (QED) is 0.697. The lowest BCUT2D eigenvalue weighted by Crippen LogP contribution is -2.42. The first-order valence-corrected chi connectivity index (χ1v) is 9.20. The maximum absolute atomic E-state index is 12.8. The second-order valence-corrected chi connectivity index (χ2v) is 6.50. The molecule has 0 fully saturated rings. The molecule has 2 aromatic rings. The number of esters is 1. The number of ether oxygens (including phenoxy) is 1. The molecule has 1 aliphatic rings. The molecule has 3 heterocycles. The van der Waals surface area contributed by atoms with Gasteiger partial charge >= 0.3 is 5.97 Å². The molecule has 0 radical (unpaired) electrons. The Morgan fingerprint density at radius 1 is 1.41 bits per heavy atom. The average Bonchev–Trinajstić information content (AvgIpc) is 3.03. The summed E-state index contributed by atoms with van der Waals surface area (Å²) in [5.74, 6) is -0.709. The fourth-order valence-corrected chi connectivity index (χ4v) is 3.31. The Hall–Kier alpha value is -2.74. The van der Waals surface area contributed by atoms with E-state index in [1.165, 1.54) is 0 Å². The molecular weight excluding hydrogens is 346 g/mol. The Labute approximate surface area is 158 Å². The number of carbonyl (C=O) groups excluding carboxylic acids is 2. The minimum Gasteiger partial charge on any atom is -0.464 e. The zero-order valence-corrected chi connectivity index (χ0v) is 15.7. The molecule has 0 aromatic carbocycles. The summed E-state index contributed by atoms with van der Waals surface area (Å²) in [6.45, 7) is 3.66. The highest BCUT2D eigenvalue weighted by atomic mass is 16.5. The van der Waals surface area contributed by atoms with E-state index >= 15 is 0 Å². The number of amides is 1. The van der Waals surface area contributed by atoms with Gasteiger partial charge in [-0.2, -0.15) is 0 Å². The van der Waals surface area contributed by atoms with Gasteiger partial charge in [0.1, 0.15) is 11.7 Å². The highest BCUT2D eigenvalue weighted by molar-refractivity contribution is 5.96. The van der Waals surface area contributed by atoms with Crippen LogP contribution in [0.2, 0.25) is 0 Å². The minimum atomic E-state index is -0.732. The molecule has 8 nitrogen and oxygen atoms in total. The van der Waals surface area contributed by atoms with Crippen LogP contribution in [0, 0.1) is 0 Å². The van der Waals surface area contributed by atoms with E-state index in [1.54, 1.807) is 25.5 Å². The standard InChI is InChI=1S/C19H25N5O3/c1-3-27-19(26)15(5-4-14-12-21-8-9-22-14)23-18(25)17-10-13-11-20-7-6-16(13)24(17)2/h8-10,12,15,20H,3-7,11H2,1-2H3,(H,23,25). The lowest BCUT2D eigenvalue weighted by Gasteiger charge is -2.18. The zero-order valence-electron chi connectivity index (χ0n) is 15.7. The van der Waals surface area contributed by atoms with Crippen LogP contribution in [0.1, 0.15) is 40.8 Å². The first kappa shape index (κ1) is 19.0. The second-order valence-electron chi connectivity index (χ2n) is 6.50. The van der Waals surface area contributed by atoms with Crippen molar-refractivity contribution in [1.82, 2.24) is 25.2 Å². The van der Waals surface area contributed by atoms with Gasteiger partial charge in [-0.1, -0.05) is 0 Å². The molecule has 0 saturated carbocycles. The Balaban J connectivity index is 1.72. The third-order valence-corrected chi connectivity index (χ3v) is 4.72. The second kappa shape index (κ2) is 8.77. The Bertz CT molecular complexity index is 803. The van der Waals surface area contributed by atoms with Crippen LogP contribution < -0.4 is 10.6 Å². The zero-order chi connectivity index (χ0) is 19.2. The van der Waals surface area contributed by atoms with Gasteiger partial charge < -0.3 is 19.9 Å². The summed E-state index contributed by atoms with van der Waals surface area (Å²) in [5.41, 5.74) is 3.60. The minimum absolute atomic E-state index is 0.264. The normalized spacial score (nSPS) is 14.3. The lowest BCUT2D eigenvalue weighted by atomic mass is 10.1. The van der Waals surface area contributed by atoms with E-state index in [9.17, 15) is 9.59 Å². The Morgan fingerprint density at radius 3 is 2.96 bits per heavy atom. The molecule has 1 aliphatic heterocycles. The smallest absolute Gasteiger partial charge is 0.328 e. The number of rotatable bonds is 7. The van der Waals surface area contributed by atoms with Gasteiger partial charge in [0.05, 0.1) is 12.3 Å². The lowest BCUT2D eigenvalue weighted by molar-refractivity contribution is -0.145. The molecule has 0 bridgehead atoms. The van der Waals surface area contributed by atoms with Crippen molar-refractivity contribution in [2.24, 2.45) is 7.05 Å². The molecule has 8 heteroatoms. The molecule has 0 spiro atoms. The van der Waals surface area contributed by atoms with Crippen LogP contribution in [-0.2, 0) is 36.0 Å². The summed E-state index contributed by atoms with van der Waals surface area (Å²) in [6.07, 6.45) is 6.66. The van der Waals surface area contributed by atoms with E-state index in [0.29, 0.717) is 18.5 Å². The van der Waals surface area contributed by atoms with Gasteiger partial charge in [0, 0.05) is 50.8 Å². The topological polar surface area (TPSA) is 98.1 Å². The van der Waals surface area contributed by atoms with E-state index in [-0.39, 0.29) is 12.5 Å². The van der Waals surface area contributed by atoms with Crippen LogP contribution in [0.3, 0.4) is 0 Å². The molecular formula is C19H25N5O3. The van der Waals surface area contributed by atoms with Gasteiger partial charge in [0.25, 0.3) is 5.91 Å². The summed E-state index contributed by atoms with van der Waals surface area (Å²) >= 11 is 0. The molecule has 144 valence electrons. The third-order valence-electron chi connectivity index (χ3n) is 4.72. The SMILES string of the molecule is CCOC(=O)C(CCc1cnccn1)NC(=O)c1cc2c(n1C)CCNC2. The van der Waals surface area contributed by atoms with E-state index < -0.39 is 12.0 Å². The van der Waals surface area contributed by atoms with Crippen LogP contribution >= 0.6 is 0 Å². The van der Waals surface area contributed by atoms with Crippen LogP contribution in [0.5, 0.6) is 0 Å². The number of hydrogen-bond donors (Lipinski definition) is 2. The highest BCUT2D eigenvalue weighted by Crippen LogP contribution is 2.18. The van der Waals surface area contributed by atoms with Crippen molar-refractivity contribution in [3.63, 3.8) is 0 Å². The van der Waals surface area contributed by atoms with Gasteiger partial charge in [-0.15, -0.1) is 0 Å². The number of nitrogens with one attached hydrogen (secondary N) is 2. The first-order valence-electron chi connectivity index (χ1n) is 9.20. The molecule has 1 amide bonds. The maximum atomic E-state index is 12.8. The van der Waals surface area contributed by atoms with Gasteiger partial charge in [-0.05, 0) is 31.4 Å². The molecule has 0 saturated heterocycles. The summed E-state index contributed by atoms with van der Waals surface area (Å²) in [5, 5.41) is 6.14. The summed E-state index contributed by atoms with van der Waals surface area (Å²) in [6, 6.07) is 1.16. The van der Waals surface area contributed by atoms with Crippen molar-refractivity contribution in [2.45, 2.75) is 38.8 Å². The molecule has 1 unspecified atom stereocenters. The predicted molar refractivity (Wildman–Crippen MR) is 99.1 cm³/mol. The van der Waals surface area contributed by atoms with Crippen molar-refractivity contribution in [3.05, 3.63) is 47.3 Å². The summed E-state index contributed by atoms with van der Waals surface area (Å²) < 4.78 is 7.05. The number of aryl methyl sites for hydroxylation is 1. The molecule has 2 aromatic heterocycles. The van der Waals surface area contributed by atoms with Gasteiger partial charge in [0.15, 0.2) is 0 Å². The van der Waals surface area contributed by atoms with Crippen LogP contribution in [-0.4, -0.2) is 45.6 Å². The summed E-state index contributed by atoms with van der Waals surface area (Å²) in [4.78, 5) is 33.4. The molecule has 1 atom stereocenters. The Kier molecular flexibility index (Phi) is 6.18. The summed E-state index contributed by atoms with van der Waals surface area (Å²) in [7, 11) is 1.89. The van der Waals surface area contributed by atoms with Gasteiger partial charge in [0.2, 0.25) is 0 Å². The van der Waals surface area contributed by atoms with E-state index in [4.69, 9.17) is 4.74 Å². The van der Waals surface area contributed by atoms with E-state index in [1.807, 2.05) is 17.7 Å². The third kappa shape index (κ3) is 4.51. The molecule has 3 rings (SSSR count). The largest absolute Gasteiger partial charge is 0.464 e. The average molecular weight is 371 g/mol. The number of nitrogens with zero attached hydrogens (tertiary/aromatic N) is 3. The van der Waals surface area contributed by atoms with Crippen LogP contribution in [0.25, 0.3) is 0 Å². The number of fused-ring (bicyclic) bond motifs is 1. The van der Waals surface area contributed by atoms with Gasteiger partial charge in [-0.3, -0.25) is 14.8 Å².